The van der Waals surface area contributed by atoms with Gasteiger partial charge in [-0.3, -0.25) is 4.99 Å². The highest BCUT2D eigenvalue weighted by atomic mass is 16.5. The molecule has 1 aliphatic heterocycles. The Morgan fingerprint density at radius 2 is 1.95 bits per heavy atom. The van der Waals surface area contributed by atoms with Gasteiger partial charge >= 0.3 is 0 Å². The summed E-state index contributed by atoms with van der Waals surface area (Å²) in [5, 5.41) is 7.04. The first-order valence-electron chi connectivity index (χ1n) is 8.20. The van der Waals surface area contributed by atoms with E-state index in [1.807, 2.05) is 7.05 Å². The Bertz CT molecular complexity index is 318. The lowest BCUT2D eigenvalue weighted by Crippen LogP contribution is -2.52. The van der Waals surface area contributed by atoms with E-state index in [4.69, 9.17) is 4.74 Å². The molecule has 0 amide bonds. The number of rotatable bonds is 5. The SMILES string of the molecule is CCCC1CCC(NC(=NC)NCC2(C)COC2)CC1. The van der Waals surface area contributed by atoms with Gasteiger partial charge in [-0.2, -0.15) is 0 Å². The second kappa shape index (κ2) is 7.30. The fraction of sp³-hybridized carbons (Fsp3) is 0.938. The Hall–Kier alpha value is -0.770. The number of hydrogen-bond donors (Lipinski definition) is 2. The number of nitrogens with one attached hydrogen (secondary N) is 2. The summed E-state index contributed by atoms with van der Waals surface area (Å²) >= 11 is 0. The molecule has 0 aromatic heterocycles. The first-order valence-corrected chi connectivity index (χ1v) is 8.20. The molecular formula is C16H31N3O. The standard InChI is InChI=1S/C16H31N3O/c1-4-5-13-6-8-14(9-7-13)19-15(17-3)18-10-16(2)11-20-12-16/h13-14H,4-12H2,1-3H3,(H2,17,18,19). The maximum atomic E-state index is 5.29. The van der Waals surface area contributed by atoms with Crippen LogP contribution in [0.1, 0.15) is 52.4 Å². The van der Waals surface area contributed by atoms with Crippen molar-refractivity contribution in [3.05, 3.63) is 0 Å². The van der Waals surface area contributed by atoms with Gasteiger partial charge in [-0.15, -0.1) is 0 Å². The van der Waals surface area contributed by atoms with Gasteiger partial charge < -0.3 is 15.4 Å². The van der Waals surface area contributed by atoms with E-state index in [0.29, 0.717) is 6.04 Å². The molecule has 20 heavy (non-hydrogen) atoms. The third-order valence-corrected chi connectivity index (χ3v) is 4.69. The highest BCUT2D eigenvalue weighted by Crippen LogP contribution is 2.28. The Morgan fingerprint density at radius 1 is 1.25 bits per heavy atom. The van der Waals surface area contributed by atoms with Gasteiger partial charge in [0.1, 0.15) is 0 Å². The molecule has 0 radical (unpaired) electrons. The van der Waals surface area contributed by atoms with E-state index < -0.39 is 0 Å². The Balaban J connectivity index is 1.68. The molecule has 2 aliphatic rings. The lowest BCUT2D eigenvalue weighted by atomic mass is 9.83. The van der Waals surface area contributed by atoms with Crippen LogP contribution in [0.15, 0.2) is 4.99 Å². The fourth-order valence-corrected chi connectivity index (χ4v) is 3.24. The summed E-state index contributed by atoms with van der Waals surface area (Å²) in [5.74, 6) is 1.91. The second-order valence-corrected chi connectivity index (χ2v) is 6.88. The molecule has 0 bridgehead atoms. The van der Waals surface area contributed by atoms with Gasteiger partial charge in [-0.05, 0) is 31.6 Å². The summed E-state index contributed by atoms with van der Waals surface area (Å²) in [4.78, 5) is 4.35. The molecule has 0 unspecified atom stereocenters. The van der Waals surface area contributed by atoms with E-state index in [-0.39, 0.29) is 5.41 Å². The van der Waals surface area contributed by atoms with Crippen LogP contribution in [0.3, 0.4) is 0 Å². The van der Waals surface area contributed by atoms with Gasteiger partial charge in [0.25, 0.3) is 0 Å². The van der Waals surface area contributed by atoms with Crippen LogP contribution in [-0.2, 0) is 4.74 Å². The summed E-state index contributed by atoms with van der Waals surface area (Å²) in [6.07, 6.45) is 8.03. The van der Waals surface area contributed by atoms with E-state index in [9.17, 15) is 0 Å². The number of aliphatic imine (C=N–C) groups is 1. The number of ether oxygens (including phenoxy) is 1. The van der Waals surface area contributed by atoms with Gasteiger partial charge in [0.05, 0.1) is 13.2 Å². The van der Waals surface area contributed by atoms with Gasteiger partial charge in [-0.1, -0.05) is 26.7 Å². The van der Waals surface area contributed by atoms with E-state index in [1.165, 1.54) is 38.5 Å². The average molecular weight is 281 g/mol. The Morgan fingerprint density at radius 3 is 2.45 bits per heavy atom. The summed E-state index contributed by atoms with van der Waals surface area (Å²) in [5.41, 5.74) is 0.288. The van der Waals surface area contributed by atoms with Crippen LogP contribution in [-0.4, -0.2) is 38.8 Å². The number of guanidine groups is 1. The molecule has 4 heteroatoms. The van der Waals surface area contributed by atoms with Crippen LogP contribution in [0.2, 0.25) is 0 Å². The smallest absolute Gasteiger partial charge is 0.191 e. The van der Waals surface area contributed by atoms with Crippen molar-refractivity contribution < 1.29 is 4.74 Å². The maximum absolute atomic E-state index is 5.29. The van der Waals surface area contributed by atoms with Crippen molar-refractivity contribution in [3.63, 3.8) is 0 Å². The predicted octanol–water partition coefficient (Wildman–Crippen LogP) is 2.55. The minimum atomic E-state index is 0.288. The summed E-state index contributed by atoms with van der Waals surface area (Å²) in [7, 11) is 1.86. The van der Waals surface area contributed by atoms with Gasteiger partial charge in [0, 0.05) is 25.0 Å². The second-order valence-electron chi connectivity index (χ2n) is 6.88. The lowest BCUT2D eigenvalue weighted by molar-refractivity contribution is -0.0971. The quantitative estimate of drug-likeness (QED) is 0.601. The summed E-state index contributed by atoms with van der Waals surface area (Å²) < 4.78 is 5.29. The van der Waals surface area contributed by atoms with Crippen molar-refractivity contribution in [2.24, 2.45) is 16.3 Å². The van der Waals surface area contributed by atoms with Crippen molar-refractivity contribution in [3.8, 4) is 0 Å². The molecule has 1 saturated heterocycles. The fourth-order valence-electron chi connectivity index (χ4n) is 3.24. The highest BCUT2D eigenvalue weighted by molar-refractivity contribution is 5.80. The van der Waals surface area contributed by atoms with Crippen molar-refractivity contribution in [1.29, 1.82) is 0 Å². The normalized spacial score (nSPS) is 29.6. The van der Waals surface area contributed by atoms with Crippen LogP contribution < -0.4 is 10.6 Å². The lowest BCUT2D eigenvalue weighted by Gasteiger charge is -2.38. The average Bonchev–Trinajstić information content (AvgIpc) is 2.43. The van der Waals surface area contributed by atoms with Crippen molar-refractivity contribution in [2.45, 2.75) is 58.4 Å². The zero-order valence-corrected chi connectivity index (χ0v) is 13.4. The largest absolute Gasteiger partial charge is 0.380 e. The number of hydrogen-bond acceptors (Lipinski definition) is 2. The topological polar surface area (TPSA) is 45.7 Å². The summed E-state index contributed by atoms with van der Waals surface area (Å²) in [6, 6.07) is 0.597. The minimum absolute atomic E-state index is 0.288. The van der Waals surface area contributed by atoms with Crippen LogP contribution in [0.4, 0.5) is 0 Å². The molecule has 1 heterocycles. The van der Waals surface area contributed by atoms with Crippen LogP contribution in [0.25, 0.3) is 0 Å². The van der Waals surface area contributed by atoms with Crippen LogP contribution in [0.5, 0.6) is 0 Å². The molecule has 1 aliphatic carbocycles. The Labute approximate surface area is 123 Å². The van der Waals surface area contributed by atoms with Crippen molar-refractivity contribution in [1.82, 2.24) is 10.6 Å². The Kier molecular flexibility index (Phi) is 5.70. The molecule has 0 atom stereocenters. The molecule has 2 rings (SSSR count). The molecule has 0 spiro atoms. The highest BCUT2D eigenvalue weighted by Gasteiger charge is 2.33. The van der Waals surface area contributed by atoms with Gasteiger partial charge in [0.2, 0.25) is 0 Å². The van der Waals surface area contributed by atoms with Gasteiger partial charge in [-0.25, -0.2) is 0 Å². The first kappa shape index (κ1) is 15.6. The molecule has 0 aromatic carbocycles. The molecular weight excluding hydrogens is 250 g/mol. The van der Waals surface area contributed by atoms with E-state index >= 15 is 0 Å². The third kappa shape index (κ3) is 4.37. The minimum Gasteiger partial charge on any atom is -0.380 e. The molecule has 4 nitrogen and oxygen atoms in total. The molecule has 1 saturated carbocycles. The van der Waals surface area contributed by atoms with Gasteiger partial charge in [0.15, 0.2) is 5.96 Å². The molecule has 0 aromatic rings. The maximum Gasteiger partial charge on any atom is 0.191 e. The predicted molar refractivity (Wildman–Crippen MR) is 84.1 cm³/mol. The zero-order chi connectivity index (χ0) is 14.4. The van der Waals surface area contributed by atoms with Crippen molar-refractivity contribution >= 4 is 5.96 Å². The molecule has 116 valence electrons. The van der Waals surface area contributed by atoms with Crippen LogP contribution >= 0.6 is 0 Å². The van der Waals surface area contributed by atoms with Crippen LogP contribution in [0, 0.1) is 11.3 Å². The monoisotopic (exact) mass is 281 g/mol. The van der Waals surface area contributed by atoms with E-state index in [0.717, 1.165) is 31.6 Å². The number of nitrogens with zero attached hydrogens (tertiary/aromatic N) is 1. The van der Waals surface area contributed by atoms with Crippen molar-refractivity contribution in [2.75, 3.05) is 26.8 Å². The first-order chi connectivity index (χ1) is 9.65. The van der Waals surface area contributed by atoms with E-state index in [1.54, 1.807) is 0 Å². The molecule has 2 fully saturated rings. The molecule has 2 N–H and O–H groups in total. The summed E-state index contributed by atoms with van der Waals surface area (Å²) in [6.45, 7) is 7.21. The third-order valence-electron chi connectivity index (χ3n) is 4.69. The van der Waals surface area contributed by atoms with E-state index in [2.05, 4.69) is 29.5 Å². The zero-order valence-electron chi connectivity index (χ0n) is 13.4.